The second-order valence-corrected chi connectivity index (χ2v) is 5.63. The molecule has 1 aliphatic rings. The number of ketones is 1. The van der Waals surface area contributed by atoms with Gasteiger partial charge in [-0.3, -0.25) is 9.59 Å². The van der Waals surface area contributed by atoms with Gasteiger partial charge in [-0.1, -0.05) is 19.1 Å². The van der Waals surface area contributed by atoms with Gasteiger partial charge in [0.15, 0.2) is 5.78 Å². The summed E-state index contributed by atoms with van der Waals surface area (Å²) in [6, 6.07) is 5.66. The molecular formula is C16H19NO4. The molecule has 0 saturated carbocycles. The molecule has 1 amide bonds. The molecule has 0 radical (unpaired) electrons. The van der Waals surface area contributed by atoms with Crippen molar-refractivity contribution in [1.82, 2.24) is 4.90 Å². The van der Waals surface area contributed by atoms with E-state index >= 15 is 0 Å². The Bertz CT molecular complexity index is 581. The number of aliphatic carboxylic acids is 1. The average molecular weight is 289 g/mol. The Kier molecular flexibility index (Phi) is 4.40. The van der Waals surface area contributed by atoms with Crippen molar-refractivity contribution in [3.05, 3.63) is 35.4 Å². The van der Waals surface area contributed by atoms with Crippen LogP contribution in [0.4, 0.5) is 0 Å². The van der Waals surface area contributed by atoms with Gasteiger partial charge in [0.2, 0.25) is 0 Å². The first-order valence-electron chi connectivity index (χ1n) is 7.05. The number of piperidine rings is 1. The fourth-order valence-electron chi connectivity index (χ4n) is 2.67. The minimum atomic E-state index is -0.974. The topological polar surface area (TPSA) is 74.7 Å². The molecule has 0 aromatic heterocycles. The van der Waals surface area contributed by atoms with Crippen LogP contribution in [-0.2, 0) is 4.79 Å². The molecule has 2 rings (SSSR count). The summed E-state index contributed by atoms with van der Waals surface area (Å²) in [5, 5.41) is 9.29. The second-order valence-electron chi connectivity index (χ2n) is 5.63. The number of likely N-dealkylation sites (tertiary alicyclic amines) is 1. The Hall–Kier alpha value is -2.17. The van der Waals surface area contributed by atoms with Gasteiger partial charge in [0, 0.05) is 17.7 Å². The van der Waals surface area contributed by atoms with E-state index in [0.29, 0.717) is 24.1 Å². The zero-order valence-corrected chi connectivity index (χ0v) is 12.2. The maximum atomic E-state index is 12.6. The molecule has 0 aliphatic carbocycles. The van der Waals surface area contributed by atoms with Crippen molar-refractivity contribution < 1.29 is 19.5 Å². The van der Waals surface area contributed by atoms with E-state index in [1.54, 1.807) is 18.2 Å². The number of amides is 1. The lowest BCUT2D eigenvalue weighted by Crippen LogP contribution is -2.50. The third-order valence-electron chi connectivity index (χ3n) is 3.88. The zero-order valence-electron chi connectivity index (χ0n) is 12.2. The number of nitrogens with zero attached hydrogens (tertiary/aromatic N) is 1. The predicted octanol–water partition coefficient (Wildman–Crippen LogP) is 2.21. The number of rotatable bonds is 3. The molecule has 1 aliphatic heterocycles. The molecule has 2 atom stereocenters. The summed E-state index contributed by atoms with van der Waals surface area (Å²) in [7, 11) is 0. The van der Waals surface area contributed by atoms with Crippen molar-refractivity contribution in [3.63, 3.8) is 0 Å². The van der Waals surface area contributed by atoms with Crippen LogP contribution < -0.4 is 0 Å². The minimum absolute atomic E-state index is 0.119. The molecule has 1 fully saturated rings. The largest absolute Gasteiger partial charge is 0.480 e. The summed E-state index contributed by atoms with van der Waals surface area (Å²) >= 11 is 0. The standard InChI is InChI=1S/C16H19NO4/c1-10-6-7-14(16(20)21)17(9-10)15(19)13-5-3-4-12(8-13)11(2)18/h3-5,8,10,14H,6-7,9H2,1-2H3,(H,20,21). The van der Waals surface area contributed by atoms with E-state index in [2.05, 4.69) is 0 Å². The summed E-state index contributed by atoms with van der Waals surface area (Å²) < 4.78 is 0. The SMILES string of the molecule is CC(=O)c1cccc(C(=O)N2CC(C)CCC2C(=O)O)c1. The maximum Gasteiger partial charge on any atom is 0.326 e. The lowest BCUT2D eigenvalue weighted by atomic mass is 9.93. The van der Waals surface area contributed by atoms with E-state index in [9.17, 15) is 19.5 Å². The van der Waals surface area contributed by atoms with Crippen molar-refractivity contribution >= 4 is 17.7 Å². The van der Waals surface area contributed by atoms with Crippen molar-refractivity contribution in [2.45, 2.75) is 32.7 Å². The van der Waals surface area contributed by atoms with Crippen LogP contribution in [0.25, 0.3) is 0 Å². The van der Waals surface area contributed by atoms with Crippen molar-refractivity contribution in [2.24, 2.45) is 5.92 Å². The van der Waals surface area contributed by atoms with E-state index in [1.807, 2.05) is 6.92 Å². The van der Waals surface area contributed by atoms with E-state index in [0.717, 1.165) is 6.42 Å². The highest BCUT2D eigenvalue weighted by atomic mass is 16.4. The van der Waals surface area contributed by atoms with Gasteiger partial charge in [-0.05, 0) is 37.8 Å². The van der Waals surface area contributed by atoms with Crippen LogP contribution in [0.15, 0.2) is 24.3 Å². The lowest BCUT2D eigenvalue weighted by molar-refractivity contribution is -0.143. The summed E-state index contributed by atoms with van der Waals surface area (Å²) in [6.45, 7) is 3.87. The third kappa shape index (κ3) is 3.29. The first kappa shape index (κ1) is 15.2. The quantitative estimate of drug-likeness (QED) is 0.866. The van der Waals surface area contributed by atoms with Gasteiger partial charge in [0.25, 0.3) is 5.91 Å². The first-order valence-corrected chi connectivity index (χ1v) is 7.05. The summed E-state index contributed by atoms with van der Waals surface area (Å²) in [4.78, 5) is 36.7. The third-order valence-corrected chi connectivity index (χ3v) is 3.88. The van der Waals surface area contributed by atoms with Crippen LogP contribution in [0.3, 0.4) is 0 Å². The molecule has 1 heterocycles. The Balaban J connectivity index is 2.30. The zero-order chi connectivity index (χ0) is 15.6. The van der Waals surface area contributed by atoms with E-state index < -0.39 is 12.0 Å². The molecule has 1 saturated heterocycles. The number of carbonyl (C=O) groups excluding carboxylic acids is 2. The average Bonchev–Trinajstić information content (AvgIpc) is 2.46. The van der Waals surface area contributed by atoms with Crippen molar-refractivity contribution in [3.8, 4) is 0 Å². The molecule has 5 heteroatoms. The van der Waals surface area contributed by atoms with Crippen LogP contribution in [-0.4, -0.2) is 40.3 Å². The Morgan fingerprint density at radius 1 is 1.19 bits per heavy atom. The molecule has 1 N–H and O–H groups in total. The smallest absolute Gasteiger partial charge is 0.326 e. The van der Waals surface area contributed by atoms with Crippen molar-refractivity contribution in [1.29, 1.82) is 0 Å². The van der Waals surface area contributed by atoms with Crippen molar-refractivity contribution in [2.75, 3.05) is 6.54 Å². The number of carboxylic acids is 1. The predicted molar refractivity (Wildman–Crippen MR) is 77.3 cm³/mol. The Morgan fingerprint density at radius 2 is 1.86 bits per heavy atom. The Labute approximate surface area is 123 Å². The van der Waals surface area contributed by atoms with E-state index in [-0.39, 0.29) is 17.6 Å². The number of carboxylic acid groups (broad SMARTS) is 1. The van der Waals surface area contributed by atoms with Crippen LogP contribution in [0.1, 0.15) is 47.4 Å². The van der Waals surface area contributed by atoms with Crippen LogP contribution in [0.2, 0.25) is 0 Å². The molecule has 1 aromatic carbocycles. The highest BCUT2D eigenvalue weighted by molar-refractivity contribution is 6.00. The number of Topliss-reactive ketones (excluding diaryl/α,β-unsaturated/α-hetero) is 1. The number of hydrogen-bond acceptors (Lipinski definition) is 3. The Morgan fingerprint density at radius 3 is 2.48 bits per heavy atom. The fraction of sp³-hybridized carbons (Fsp3) is 0.438. The van der Waals surface area contributed by atoms with E-state index in [1.165, 1.54) is 17.9 Å². The first-order chi connectivity index (χ1) is 9.90. The van der Waals surface area contributed by atoms with E-state index in [4.69, 9.17) is 0 Å². The van der Waals surface area contributed by atoms with Crippen LogP contribution in [0, 0.1) is 5.92 Å². The number of benzene rings is 1. The molecular weight excluding hydrogens is 270 g/mol. The van der Waals surface area contributed by atoms with Gasteiger partial charge >= 0.3 is 5.97 Å². The highest BCUT2D eigenvalue weighted by Crippen LogP contribution is 2.24. The molecule has 0 bridgehead atoms. The van der Waals surface area contributed by atoms with Gasteiger partial charge in [-0.25, -0.2) is 4.79 Å². The van der Waals surface area contributed by atoms with Crippen LogP contribution in [0.5, 0.6) is 0 Å². The summed E-state index contributed by atoms with van der Waals surface area (Å²) in [6.07, 6.45) is 1.27. The van der Waals surface area contributed by atoms with Gasteiger partial charge in [0.05, 0.1) is 0 Å². The summed E-state index contributed by atoms with van der Waals surface area (Å²) in [5.74, 6) is -1.14. The molecule has 112 valence electrons. The molecule has 1 aromatic rings. The monoisotopic (exact) mass is 289 g/mol. The highest BCUT2D eigenvalue weighted by Gasteiger charge is 2.35. The molecule has 0 spiro atoms. The van der Waals surface area contributed by atoms with Gasteiger partial charge < -0.3 is 10.0 Å². The van der Waals surface area contributed by atoms with Gasteiger partial charge in [-0.2, -0.15) is 0 Å². The molecule has 5 nitrogen and oxygen atoms in total. The number of carbonyl (C=O) groups is 3. The normalized spacial score (nSPS) is 21.9. The minimum Gasteiger partial charge on any atom is -0.480 e. The van der Waals surface area contributed by atoms with Gasteiger partial charge in [-0.15, -0.1) is 0 Å². The molecule has 21 heavy (non-hydrogen) atoms. The van der Waals surface area contributed by atoms with Gasteiger partial charge in [0.1, 0.15) is 6.04 Å². The molecule has 2 unspecified atom stereocenters. The fourth-order valence-corrected chi connectivity index (χ4v) is 2.67. The van der Waals surface area contributed by atoms with Crippen LogP contribution >= 0.6 is 0 Å². The maximum absolute atomic E-state index is 12.6. The summed E-state index contributed by atoms with van der Waals surface area (Å²) in [5.41, 5.74) is 0.820. The lowest BCUT2D eigenvalue weighted by Gasteiger charge is -2.36. The number of hydrogen-bond donors (Lipinski definition) is 1. The second kappa shape index (κ2) is 6.08.